The normalized spacial score (nSPS) is 13.2. The maximum absolute atomic E-state index is 3.75. The zero-order chi connectivity index (χ0) is 10.1. The lowest BCUT2D eigenvalue weighted by Crippen LogP contribution is -2.38. The predicted octanol–water partition coefficient (Wildman–Crippen LogP) is 1.88. The first-order valence-electron chi connectivity index (χ1n) is 5.19. The van der Waals surface area contributed by atoms with Gasteiger partial charge < -0.3 is 10.2 Å². The molecule has 0 aliphatic carbocycles. The lowest BCUT2D eigenvalue weighted by Gasteiger charge is -2.21. The summed E-state index contributed by atoms with van der Waals surface area (Å²) in [6.45, 7) is 8.19. The maximum atomic E-state index is 3.75. The van der Waals surface area contributed by atoms with Crippen LogP contribution in [0.25, 0.3) is 0 Å². The van der Waals surface area contributed by atoms with Crippen molar-refractivity contribution in [2.24, 2.45) is 0 Å². The summed E-state index contributed by atoms with van der Waals surface area (Å²) < 4.78 is 0. The molecule has 0 aliphatic heterocycles. The summed E-state index contributed by atoms with van der Waals surface area (Å²) in [5, 5.41) is 3.55. The average Bonchev–Trinajstić information content (AvgIpc) is 2.09. The van der Waals surface area contributed by atoms with Crippen molar-refractivity contribution in [3.8, 4) is 0 Å². The van der Waals surface area contributed by atoms with Crippen LogP contribution in [0.15, 0.2) is 12.7 Å². The first-order valence-corrected chi connectivity index (χ1v) is 5.19. The van der Waals surface area contributed by atoms with Crippen LogP contribution in [0.3, 0.4) is 0 Å². The van der Waals surface area contributed by atoms with Crippen LogP contribution in [0.1, 0.15) is 26.2 Å². The maximum Gasteiger partial charge on any atom is 0.0197 e. The summed E-state index contributed by atoms with van der Waals surface area (Å²) in [5.74, 6) is 0. The number of rotatable bonds is 8. The van der Waals surface area contributed by atoms with E-state index in [1.165, 1.54) is 12.8 Å². The molecule has 2 nitrogen and oxygen atoms in total. The van der Waals surface area contributed by atoms with Gasteiger partial charge in [0.2, 0.25) is 0 Å². The molecule has 0 bridgehead atoms. The van der Waals surface area contributed by atoms with Crippen molar-refractivity contribution in [2.75, 3.05) is 27.2 Å². The van der Waals surface area contributed by atoms with Crippen LogP contribution in [0.4, 0.5) is 0 Å². The molecular formula is C11H24N2. The molecule has 0 aromatic rings. The summed E-state index contributed by atoms with van der Waals surface area (Å²) in [7, 11) is 4.24. The lowest BCUT2D eigenvalue weighted by atomic mass is 10.1. The molecule has 2 heteroatoms. The van der Waals surface area contributed by atoms with Crippen LogP contribution in [-0.2, 0) is 0 Å². The molecule has 1 atom stereocenters. The molecule has 0 spiro atoms. The Hall–Kier alpha value is -0.340. The summed E-state index contributed by atoms with van der Waals surface area (Å²) in [6, 6.07) is 0.618. The third-order valence-corrected chi connectivity index (χ3v) is 1.99. The van der Waals surface area contributed by atoms with Gasteiger partial charge in [0, 0.05) is 12.6 Å². The van der Waals surface area contributed by atoms with Gasteiger partial charge in [-0.1, -0.05) is 13.0 Å². The molecule has 0 radical (unpaired) electrons. The highest BCUT2D eigenvalue weighted by Gasteiger charge is 2.06. The van der Waals surface area contributed by atoms with Gasteiger partial charge >= 0.3 is 0 Å². The quantitative estimate of drug-likeness (QED) is 0.579. The van der Waals surface area contributed by atoms with Gasteiger partial charge in [-0.3, -0.25) is 0 Å². The highest BCUT2D eigenvalue weighted by Crippen LogP contribution is 1.99. The highest BCUT2D eigenvalue weighted by molar-refractivity contribution is 4.75. The van der Waals surface area contributed by atoms with Gasteiger partial charge in [0.1, 0.15) is 0 Å². The summed E-state index contributed by atoms with van der Waals surface area (Å²) in [5.41, 5.74) is 0. The lowest BCUT2D eigenvalue weighted by molar-refractivity contribution is 0.327. The molecule has 0 amide bonds. The van der Waals surface area contributed by atoms with Crippen molar-refractivity contribution >= 4 is 0 Å². The second-order valence-electron chi connectivity index (χ2n) is 3.78. The van der Waals surface area contributed by atoms with Gasteiger partial charge in [-0.25, -0.2) is 0 Å². The second kappa shape index (κ2) is 8.27. The van der Waals surface area contributed by atoms with E-state index in [-0.39, 0.29) is 0 Å². The Morgan fingerprint density at radius 2 is 2.15 bits per heavy atom. The number of nitrogens with one attached hydrogen (secondary N) is 1. The number of hydrogen-bond acceptors (Lipinski definition) is 2. The van der Waals surface area contributed by atoms with Gasteiger partial charge in [0.05, 0.1) is 0 Å². The van der Waals surface area contributed by atoms with E-state index < -0.39 is 0 Å². The number of nitrogens with zero attached hydrogens (tertiary/aromatic N) is 1. The minimum Gasteiger partial charge on any atom is -0.313 e. The Morgan fingerprint density at radius 3 is 2.62 bits per heavy atom. The first-order chi connectivity index (χ1) is 6.20. The van der Waals surface area contributed by atoms with E-state index in [4.69, 9.17) is 0 Å². The monoisotopic (exact) mass is 184 g/mol. The standard InChI is InChI=1S/C11H24N2/c1-5-7-8-11(10-13(3)4)12-9-6-2/h5,11-12H,1,6-10H2,2-4H3. The fourth-order valence-corrected chi connectivity index (χ4v) is 1.37. The first kappa shape index (κ1) is 12.7. The molecule has 0 aliphatic rings. The number of likely N-dealkylation sites (N-methyl/N-ethyl adjacent to an activating group) is 1. The van der Waals surface area contributed by atoms with Crippen molar-refractivity contribution in [1.29, 1.82) is 0 Å². The van der Waals surface area contributed by atoms with E-state index in [0.717, 1.165) is 19.5 Å². The van der Waals surface area contributed by atoms with Gasteiger partial charge in [0.15, 0.2) is 0 Å². The zero-order valence-corrected chi connectivity index (χ0v) is 9.34. The fraction of sp³-hybridized carbons (Fsp3) is 0.818. The zero-order valence-electron chi connectivity index (χ0n) is 9.34. The van der Waals surface area contributed by atoms with Crippen LogP contribution >= 0.6 is 0 Å². The van der Waals surface area contributed by atoms with Gasteiger partial charge in [-0.05, 0) is 39.9 Å². The minimum atomic E-state index is 0.618. The molecule has 0 saturated carbocycles. The van der Waals surface area contributed by atoms with E-state index in [2.05, 4.69) is 37.8 Å². The second-order valence-corrected chi connectivity index (χ2v) is 3.78. The molecule has 1 N–H and O–H groups in total. The SMILES string of the molecule is C=CCCC(CN(C)C)NCCC. The molecule has 0 heterocycles. The van der Waals surface area contributed by atoms with Crippen molar-refractivity contribution in [1.82, 2.24) is 10.2 Å². The summed E-state index contributed by atoms with van der Waals surface area (Å²) in [6.07, 6.45) is 5.51. The minimum absolute atomic E-state index is 0.618. The van der Waals surface area contributed by atoms with E-state index in [9.17, 15) is 0 Å². The molecule has 0 aromatic carbocycles. The van der Waals surface area contributed by atoms with E-state index >= 15 is 0 Å². The van der Waals surface area contributed by atoms with Crippen molar-refractivity contribution in [3.05, 3.63) is 12.7 Å². The number of allylic oxidation sites excluding steroid dienone is 1. The average molecular weight is 184 g/mol. The molecule has 0 saturated heterocycles. The highest BCUT2D eigenvalue weighted by atomic mass is 15.1. The Labute approximate surface area is 83.0 Å². The van der Waals surface area contributed by atoms with Crippen molar-refractivity contribution in [2.45, 2.75) is 32.2 Å². The Kier molecular flexibility index (Phi) is 8.05. The Bertz CT molecular complexity index is 121. The molecule has 13 heavy (non-hydrogen) atoms. The van der Waals surface area contributed by atoms with Crippen LogP contribution in [0.5, 0.6) is 0 Å². The fourth-order valence-electron chi connectivity index (χ4n) is 1.37. The van der Waals surface area contributed by atoms with Crippen LogP contribution in [0.2, 0.25) is 0 Å². The van der Waals surface area contributed by atoms with Gasteiger partial charge in [-0.2, -0.15) is 0 Å². The molecule has 78 valence electrons. The number of hydrogen-bond donors (Lipinski definition) is 1. The summed E-state index contributed by atoms with van der Waals surface area (Å²) in [4.78, 5) is 2.23. The topological polar surface area (TPSA) is 15.3 Å². The smallest absolute Gasteiger partial charge is 0.0197 e. The molecule has 0 fully saturated rings. The Morgan fingerprint density at radius 1 is 1.46 bits per heavy atom. The van der Waals surface area contributed by atoms with E-state index in [1.54, 1.807) is 0 Å². The molecule has 0 aromatic heterocycles. The van der Waals surface area contributed by atoms with E-state index in [1.807, 2.05) is 6.08 Å². The predicted molar refractivity (Wildman–Crippen MR) is 60.1 cm³/mol. The third-order valence-electron chi connectivity index (χ3n) is 1.99. The van der Waals surface area contributed by atoms with Crippen LogP contribution in [-0.4, -0.2) is 38.1 Å². The van der Waals surface area contributed by atoms with Crippen LogP contribution < -0.4 is 5.32 Å². The molecule has 1 unspecified atom stereocenters. The van der Waals surface area contributed by atoms with Crippen molar-refractivity contribution in [3.63, 3.8) is 0 Å². The van der Waals surface area contributed by atoms with Crippen LogP contribution in [0, 0.1) is 0 Å². The summed E-state index contributed by atoms with van der Waals surface area (Å²) >= 11 is 0. The Balaban J connectivity index is 3.65. The molecular weight excluding hydrogens is 160 g/mol. The third kappa shape index (κ3) is 8.00. The van der Waals surface area contributed by atoms with E-state index in [0.29, 0.717) is 6.04 Å². The van der Waals surface area contributed by atoms with Crippen molar-refractivity contribution < 1.29 is 0 Å². The van der Waals surface area contributed by atoms with Gasteiger partial charge in [0.25, 0.3) is 0 Å². The van der Waals surface area contributed by atoms with Gasteiger partial charge in [-0.15, -0.1) is 6.58 Å². The largest absolute Gasteiger partial charge is 0.313 e. The molecule has 0 rings (SSSR count).